The van der Waals surface area contributed by atoms with Crippen molar-refractivity contribution in [2.45, 2.75) is 24.5 Å². The van der Waals surface area contributed by atoms with E-state index in [0.29, 0.717) is 5.56 Å². The molecule has 6 atom stereocenters. The maximum absolute atomic E-state index is 13.7. The summed E-state index contributed by atoms with van der Waals surface area (Å²) in [5, 5.41) is 35.1. The number of carboxylic acid groups (broad SMARTS) is 1. The van der Waals surface area contributed by atoms with Gasteiger partial charge in [0.25, 0.3) is 0 Å². The van der Waals surface area contributed by atoms with Gasteiger partial charge in [0.2, 0.25) is 11.8 Å². The molecule has 3 aliphatic carbocycles. The van der Waals surface area contributed by atoms with E-state index in [4.69, 9.17) is 10.8 Å². The van der Waals surface area contributed by atoms with Crippen LogP contribution in [0.4, 0.5) is 10.5 Å². The number of rotatable bonds is 5. The van der Waals surface area contributed by atoms with E-state index in [0.717, 1.165) is 0 Å². The van der Waals surface area contributed by atoms with Gasteiger partial charge in [0, 0.05) is 5.92 Å². The van der Waals surface area contributed by atoms with E-state index in [-0.39, 0.29) is 24.1 Å². The van der Waals surface area contributed by atoms with Gasteiger partial charge in [-0.1, -0.05) is 6.07 Å². The molecule has 202 valence electrons. The van der Waals surface area contributed by atoms with Crippen LogP contribution in [0.25, 0.3) is 0 Å². The van der Waals surface area contributed by atoms with Crippen molar-refractivity contribution >= 4 is 46.7 Å². The van der Waals surface area contributed by atoms with Crippen molar-refractivity contribution in [3.05, 3.63) is 23.3 Å². The Morgan fingerprint density at radius 2 is 1.79 bits per heavy atom. The third-order valence-electron chi connectivity index (χ3n) is 7.61. The molecule has 4 unspecified atom stereocenters. The lowest BCUT2D eigenvalue weighted by atomic mass is 9.52. The van der Waals surface area contributed by atoms with Crippen molar-refractivity contribution in [2.24, 2.45) is 29.4 Å². The number of nitrogens with one attached hydrogen (secondary N) is 2. The van der Waals surface area contributed by atoms with Gasteiger partial charge in [-0.15, -0.1) is 0 Å². The van der Waals surface area contributed by atoms with Crippen LogP contribution in [0, 0.1) is 23.7 Å². The number of phenols is 1. The SMILES string of the molecule is CN(C)[C@@H]1C(=O)C(C(N)=O)C(=O)[C@@]2(O)C(=O)C3C(=O)c4c(ccc(NC(=O)CNC(=O)O)c4O)CC3CC12. The zero-order valence-corrected chi connectivity index (χ0v) is 20.4. The number of carbonyl (C=O) groups is 7. The third-order valence-corrected chi connectivity index (χ3v) is 7.61. The molecule has 3 aliphatic rings. The van der Waals surface area contributed by atoms with Crippen molar-refractivity contribution in [1.82, 2.24) is 10.2 Å². The molecule has 0 radical (unpaired) electrons. The highest BCUT2D eigenvalue weighted by molar-refractivity contribution is 6.32. The number of fused-ring (bicyclic) bond motifs is 3. The summed E-state index contributed by atoms with van der Waals surface area (Å²) >= 11 is 0. The summed E-state index contributed by atoms with van der Waals surface area (Å²) in [5.41, 5.74) is 2.29. The Hall–Kier alpha value is -4.17. The van der Waals surface area contributed by atoms with Crippen LogP contribution in [-0.2, 0) is 30.4 Å². The van der Waals surface area contributed by atoms with Crippen molar-refractivity contribution in [1.29, 1.82) is 0 Å². The second-order valence-electron chi connectivity index (χ2n) is 9.99. The Balaban J connectivity index is 1.74. The molecule has 1 aromatic carbocycles. The van der Waals surface area contributed by atoms with Crippen LogP contribution in [0.15, 0.2) is 12.1 Å². The summed E-state index contributed by atoms with van der Waals surface area (Å²) in [5.74, 6) is -12.7. The maximum atomic E-state index is 13.7. The van der Waals surface area contributed by atoms with Gasteiger partial charge in [0.05, 0.1) is 23.2 Å². The van der Waals surface area contributed by atoms with E-state index >= 15 is 0 Å². The van der Waals surface area contributed by atoms with Crippen LogP contribution < -0.4 is 16.4 Å². The van der Waals surface area contributed by atoms with Crippen LogP contribution in [0.1, 0.15) is 22.3 Å². The molecule has 7 N–H and O–H groups in total. The number of phenolic OH excluding ortho intramolecular Hbond substituents is 1. The van der Waals surface area contributed by atoms with E-state index in [1.54, 1.807) is 0 Å². The zero-order chi connectivity index (χ0) is 28.3. The fourth-order valence-electron chi connectivity index (χ4n) is 6.03. The highest BCUT2D eigenvalue weighted by Crippen LogP contribution is 2.51. The Bertz CT molecular complexity index is 1310. The standard InChI is InChI=1S/C24H26N4O10/c1-28(2)16-10-6-9-5-8-3-4-11(27-12(29)7-26-23(36)37)17(30)13(8)18(31)14(9)20(33)24(10,38)21(34)15(19(16)32)22(25)35/h3-4,9-10,14-16,26,30,38H,5-7H2,1-2H3,(H2,25,35)(H,27,29)(H,36,37)/t9?,10?,14?,15?,16-,24-/m0/s1. The van der Waals surface area contributed by atoms with Crippen LogP contribution in [-0.4, -0.2) is 93.5 Å². The fourth-order valence-corrected chi connectivity index (χ4v) is 6.03. The smallest absolute Gasteiger partial charge is 0.405 e. The molecule has 14 heteroatoms. The Labute approximate surface area is 215 Å². The Morgan fingerprint density at radius 3 is 2.37 bits per heavy atom. The summed E-state index contributed by atoms with van der Waals surface area (Å²) in [6.45, 7) is -0.633. The van der Waals surface area contributed by atoms with Crippen molar-refractivity contribution in [3.63, 3.8) is 0 Å². The van der Waals surface area contributed by atoms with Crippen LogP contribution in [0.2, 0.25) is 0 Å². The van der Waals surface area contributed by atoms with Gasteiger partial charge >= 0.3 is 6.09 Å². The van der Waals surface area contributed by atoms with Crippen LogP contribution in [0.3, 0.4) is 0 Å². The fraction of sp³-hybridized carbons (Fsp3) is 0.458. The molecule has 4 rings (SSSR count). The summed E-state index contributed by atoms with van der Waals surface area (Å²) < 4.78 is 0. The Morgan fingerprint density at radius 1 is 1.13 bits per heavy atom. The number of hydrogen-bond donors (Lipinski definition) is 6. The number of amides is 3. The minimum atomic E-state index is -2.83. The number of benzene rings is 1. The largest absolute Gasteiger partial charge is 0.505 e. The van der Waals surface area contributed by atoms with E-state index in [2.05, 4.69) is 5.32 Å². The first-order valence-electron chi connectivity index (χ1n) is 11.7. The van der Waals surface area contributed by atoms with Crippen LogP contribution >= 0.6 is 0 Å². The second kappa shape index (κ2) is 9.29. The molecule has 1 aromatic rings. The molecule has 0 heterocycles. The summed E-state index contributed by atoms with van der Waals surface area (Å²) in [6, 6.07) is 1.58. The second-order valence-corrected chi connectivity index (χ2v) is 9.99. The predicted molar refractivity (Wildman–Crippen MR) is 126 cm³/mol. The number of aliphatic hydroxyl groups is 1. The third kappa shape index (κ3) is 3.92. The van der Waals surface area contributed by atoms with Crippen LogP contribution in [0.5, 0.6) is 5.75 Å². The van der Waals surface area contributed by atoms with Crippen molar-refractivity contribution in [2.75, 3.05) is 26.0 Å². The number of likely N-dealkylation sites (N-methyl/N-ethyl adjacent to an activating group) is 1. The van der Waals surface area contributed by atoms with Gasteiger partial charge in [-0.25, -0.2) is 4.79 Å². The number of nitrogens with two attached hydrogens (primary N) is 1. The molecule has 0 saturated heterocycles. The van der Waals surface area contributed by atoms with E-state index in [1.165, 1.54) is 31.1 Å². The van der Waals surface area contributed by atoms with Gasteiger partial charge < -0.3 is 31.7 Å². The summed E-state index contributed by atoms with van der Waals surface area (Å²) in [4.78, 5) is 89.6. The number of ketones is 4. The highest BCUT2D eigenvalue weighted by Gasteiger charge is 2.69. The first kappa shape index (κ1) is 26.9. The number of primary amides is 1. The molecule has 3 amide bonds. The zero-order valence-electron chi connectivity index (χ0n) is 20.4. The molecule has 0 spiro atoms. The minimum Gasteiger partial charge on any atom is -0.505 e. The van der Waals surface area contributed by atoms with E-state index in [9.17, 15) is 43.8 Å². The average Bonchev–Trinajstić information content (AvgIpc) is 2.81. The van der Waals surface area contributed by atoms with Crippen molar-refractivity contribution in [3.8, 4) is 5.75 Å². The lowest BCUT2D eigenvalue weighted by Crippen LogP contribution is -2.74. The quantitative estimate of drug-likeness (QED) is 0.181. The average molecular weight is 530 g/mol. The molecule has 38 heavy (non-hydrogen) atoms. The monoisotopic (exact) mass is 530 g/mol. The molecule has 2 fully saturated rings. The number of nitrogens with zero attached hydrogens (tertiary/aromatic N) is 1. The number of hydrogen-bond acceptors (Lipinski definition) is 10. The lowest BCUT2D eigenvalue weighted by Gasteiger charge is -2.52. The molecule has 0 aromatic heterocycles. The normalized spacial score (nSPS) is 30.3. The van der Waals surface area contributed by atoms with Gasteiger partial charge in [0.15, 0.2) is 34.7 Å². The number of Topliss-reactive ketones (excluding diaryl/α,β-unsaturated/α-hetero) is 4. The maximum Gasteiger partial charge on any atom is 0.405 e. The lowest BCUT2D eigenvalue weighted by molar-refractivity contribution is -0.181. The van der Waals surface area contributed by atoms with Gasteiger partial charge in [0.1, 0.15) is 12.3 Å². The van der Waals surface area contributed by atoms with E-state index < -0.39 is 88.6 Å². The number of aromatic hydroxyl groups is 1. The predicted octanol–water partition coefficient (Wildman–Crippen LogP) is -1.93. The number of anilines is 1. The highest BCUT2D eigenvalue weighted by atomic mass is 16.4. The minimum absolute atomic E-state index is 0.0776. The number of carbonyl (C=O) groups excluding carboxylic acids is 6. The first-order valence-corrected chi connectivity index (χ1v) is 11.7. The Kier molecular flexibility index (Phi) is 6.57. The molecule has 0 bridgehead atoms. The molecule has 2 saturated carbocycles. The van der Waals surface area contributed by atoms with Gasteiger partial charge in [-0.2, -0.15) is 0 Å². The van der Waals surface area contributed by atoms with Gasteiger partial charge in [-0.3, -0.25) is 33.7 Å². The molecule has 14 nitrogen and oxygen atoms in total. The molecular formula is C24H26N4O10. The topological polar surface area (TPSA) is 233 Å². The molecular weight excluding hydrogens is 504 g/mol. The van der Waals surface area contributed by atoms with Crippen molar-refractivity contribution < 1.29 is 48.9 Å². The summed E-state index contributed by atoms with van der Waals surface area (Å²) in [6.07, 6.45) is -1.45. The van der Waals surface area contributed by atoms with Gasteiger partial charge in [-0.05, 0) is 44.5 Å². The summed E-state index contributed by atoms with van der Waals surface area (Å²) in [7, 11) is 2.99. The molecule has 0 aliphatic heterocycles. The first-order chi connectivity index (χ1) is 17.7. The van der Waals surface area contributed by atoms with E-state index in [1.807, 2.05) is 5.32 Å².